The van der Waals surface area contributed by atoms with Gasteiger partial charge in [0.05, 0.1) is 16.6 Å². The van der Waals surface area contributed by atoms with Crippen LogP contribution in [0.5, 0.6) is 0 Å². The third-order valence-corrected chi connectivity index (χ3v) is 3.96. The Hall–Kier alpha value is -2.94. The van der Waals surface area contributed by atoms with Crippen LogP contribution in [-0.4, -0.2) is 4.98 Å². The molecule has 0 radical (unpaired) electrons. The lowest BCUT2D eigenvalue weighted by Crippen LogP contribution is -2.06. The molecule has 4 rings (SSSR count). The predicted octanol–water partition coefficient (Wildman–Crippen LogP) is 4.32. The zero-order valence-corrected chi connectivity index (χ0v) is 12.0. The van der Waals surface area contributed by atoms with E-state index in [2.05, 4.69) is 4.98 Å². The van der Waals surface area contributed by atoms with Crippen LogP contribution in [-0.2, 0) is 0 Å². The van der Waals surface area contributed by atoms with E-state index in [4.69, 9.17) is 4.42 Å². The Labute approximate surface area is 126 Å². The Bertz CT molecular complexity index is 1050. The third kappa shape index (κ3) is 1.83. The molecule has 0 aliphatic carbocycles. The van der Waals surface area contributed by atoms with Crippen LogP contribution in [0.25, 0.3) is 33.0 Å². The Morgan fingerprint density at radius 3 is 2.68 bits per heavy atom. The molecule has 0 aliphatic heterocycles. The van der Waals surface area contributed by atoms with Crippen molar-refractivity contribution >= 4 is 21.7 Å². The van der Waals surface area contributed by atoms with Crippen LogP contribution >= 0.6 is 0 Å². The summed E-state index contributed by atoms with van der Waals surface area (Å²) in [6.45, 7) is 2.04. The molecule has 0 saturated carbocycles. The molecule has 0 amide bonds. The number of benzene rings is 2. The summed E-state index contributed by atoms with van der Waals surface area (Å²) in [5.41, 5.74) is 2.81. The van der Waals surface area contributed by atoms with E-state index in [9.17, 15) is 4.79 Å². The molecule has 4 aromatic rings. The van der Waals surface area contributed by atoms with Crippen molar-refractivity contribution in [2.75, 3.05) is 0 Å². The fraction of sp³-hybridized carbons (Fsp3) is 0.0526. The number of hydrogen-bond donors (Lipinski definition) is 0. The first kappa shape index (κ1) is 12.8. The van der Waals surface area contributed by atoms with Crippen LogP contribution in [0.4, 0.5) is 0 Å². The van der Waals surface area contributed by atoms with Gasteiger partial charge >= 0.3 is 0 Å². The van der Waals surface area contributed by atoms with Crippen LogP contribution in [0.1, 0.15) is 5.56 Å². The van der Waals surface area contributed by atoms with Gasteiger partial charge < -0.3 is 4.42 Å². The van der Waals surface area contributed by atoms with Gasteiger partial charge in [0, 0.05) is 6.20 Å². The Morgan fingerprint density at radius 2 is 1.86 bits per heavy atom. The quantitative estimate of drug-likeness (QED) is 0.490. The highest BCUT2D eigenvalue weighted by Crippen LogP contribution is 2.27. The standard InChI is InChI=1S/C19H13NO2/c1-12-5-4-6-14-13(12)8-9-17-18(14)19(21)15(11-22-17)16-7-2-3-10-20-16/h2-11H,1H3. The van der Waals surface area contributed by atoms with Crippen LogP contribution in [0, 0.1) is 6.92 Å². The van der Waals surface area contributed by atoms with E-state index in [0.29, 0.717) is 22.2 Å². The molecule has 0 bridgehead atoms. The maximum Gasteiger partial charge on any atom is 0.202 e. The van der Waals surface area contributed by atoms with Crippen LogP contribution < -0.4 is 5.43 Å². The first-order valence-corrected chi connectivity index (χ1v) is 7.11. The third-order valence-electron chi connectivity index (χ3n) is 3.96. The lowest BCUT2D eigenvalue weighted by molar-refractivity contribution is 0.605. The molecule has 0 N–H and O–H groups in total. The summed E-state index contributed by atoms with van der Waals surface area (Å²) < 4.78 is 5.69. The summed E-state index contributed by atoms with van der Waals surface area (Å²) in [5.74, 6) is 0. The highest BCUT2D eigenvalue weighted by Gasteiger charge is 2.13. The maximum absolute atomic E-state index is 13.0. The maximum atomic E-state index is 13.0. The smallest absolute Gasteiger partial charge is 0.202 e. The van der Waals surface area contributed by atoms with Crippen molar-refractivity contribution < 1.29 is 4.42 Å². The van der Waals surface area contributed by atoms with Gasteiger partial charge in [0.1, 0.15) is 11.8 Å². The summed E-state index contributed by atoms with van der Waals surface area (Å²) in [6.07, 6.45) is 3.17. The number of rotatable bonds is 1. The summed E-state index contributed by atoms with van der Waals surface area (Å²) in [6, 6.07) is 15.3. The number of nitrogens with zero attached hydrogens (tertiary/aromatic N) is 1. The lowest BCUT2D eigenvalue weighted by Gasteiger charge is -2.07. The van der Waals surface area contributed by atoms with Crippen molar-refractivity contribution in [1.29, 1.82) is 0 Å². The molecule has 0 spiro atoms. The van der Waals surface area contributed by atoms with Crippen molar-refractivity contribution in [2.45, 2.75) is 6.92 Å². The molecular formula is C19H13NO2. The van der Waals surface area contributed by atoms with Gasteiger partial charge in [-0.25, -0.2) is 0 Å². The van der Waals surface area contributed by atoms with Gasteiger partial charge in [-0.3, -0.25) is 9.78 Å². The van der Waals surface area contributed by atoms with Gasteiger partial charge in [0.2, 0.25) is 5.43 Å². The molecule has 3 nitrogen and oxygen atoms in total. The van der Waals surface area contributed by atoms with Crippen molar-refractivity contribution in [3.63, 3.8) is 0 Å². The van der Waals surface area contributed by atoms with Crippen molar-refractivity contribution in [1.82, 2.24) is 4.98 Å². The van der Waals surface area contributed by atoms with E-state index in [0.717, 1.165) is 16.3 Å². The molecule has 2 aromatic carbocycles. The normalized spacial score (nSPS) is 11.1. The first-order chi connectivity index (χ1) is 10.8. The van der Waals surface area contributed by atoms with E-state index < -0.39 is 0 Å². The molecular weight excluding hydrogens is 274 g/mol. The van der Waals surface area contributed by atoms with Crippen molar-refractivity contribution in [2.24, 2.45) is 0 Å². The molecule has 0 unspecified atom stereocenters. The molecule has 0 aliphatic rings. The minimum Gasteiger partial charge on any atom is -0.463 e. The average Bonchev–Trinajstić information content (AvgIpc) is 2.56. The average molecular weight is 287 g/mol. The second kappa shape index (κ2) is 4.81. The molecule has 0 atom stereocenters. The topological polar surface area (TPSA) is 43.1 Å². The minimum absolute atomic E-state index is 0.0452. The van der Waals surface area contributed by atoms with E-state index >= 15 is 0 Å². The van der Waals surface area contributed by atoms with Gasteiger partial charge in [0.25, 0.3) is 0 Å². The fourth-order valence-corrected chi connectivity index (χ4v) is 2.84. The lowest BCUT2D eigenvalue weighted by atomic mass is 10.0. The van der Waals surface area contributed by atoms with Gasteiger partial charge in [0.15, 0.2) is 0 Å². The fourth-order valence-electron chi connectivity index (χ4n) is 2.84. The second-order valence-electron chi connectivity index (χ2n) is 5.30. The van der Waals surface area contributed by atoms with Crippen molar-refractivity contribution in [3.8, 4) is 11.3 Å². The number of fused-ring (bicyclic) bond motifs is 3. The summed E-state index contributed by atoms with van der Waals surface area (Å²) in [7, 11) is 0. The zero-order valence-electron chi connectivity index (χ0n) is 12.0. The molecule has 0 fully saturated rings. The van der Waals surface area contributed by atoms with Gasteiger partial charge in [-0.1, -0.05) is 30.3 Å². The Morgan fingerprint density at radius 1 is 0.955 bits per heavy atom. The van der Waals surface area contributed by atoms with Gasteiger partial charge in [-0.2, -0.15) is 0 Å². The minimum atomic E-state index is -0.0452. The molecule has 22 heavy (non-hydrogen) atoms. The largest absolute Gasteiger partial charge is 0.463 e. The zero-order chi connectivity index (χ0) is 15.1. The second-order valence-corrected chi connectivity index (χ2v) is 5.30. The first-order valence-electron chi connectivity index (χ1n) is 7.11. The van der Waals surface area contributed by atoms with Gasteiger partial charge in [-0.15, -0.1) is 0 Å². The number of aryl methyl sites for hydroxylation is 1. The summed E-state index contributed by atoms with van der Waals surface area (Å²) in [5, 5.41) is 2.61. The van der Waals surface area contributed by atoms with Crippen LogP contribution in [0.3, 0.4) is 0 Å². The summed E-state index contributed by atoms with van der Waals surface area (Å²) >= 11 is 0. The summed E-state index contributed by atoms with van der Waals surface area (Å²) in [4.78, 5) is 17.2. The van der Waals surface area contributed by atoms with Crippen LogP contribution in [0.2, 0.25) is 0 Å². The van der Waals surface area contributed by atoms with E-state index in [1.165, 1.54) is 6.26 Å². The molecule has 0 saturated heterocycles. The van der Waals surface area contributed by atoms with Crippen LogP contribution in [0.15, 0.2) is 70.2 Å². The monoisotopic (exact) mass is 287 g/mol. The number of pyridine rings is 1. The number of aromatic nitrogens is 1. The molecule has 2 aromatic heterocycles. The highest BCUT2D eigenvalue weighted by molar-refractivity contribution is 6.07. The molecule has 106 valence electrons. The van der Waals surface area contributed by atoms with Gasteiger partial charge in [-0.05, 0) is 41.5 Å². The molecule has 3 heteroatoms. The van der Waals surface area contributed by atoms with E-state index in [1.54, 1.807) is 6.20 Å². The molecule has 2 heterocycles. The predicted molar refractivity (Wildman–Crippen MR) is 88.0 cm³/mol. The SMILES string of the molecule is Cc1cccc2c1ccc1occ(-c3ccccn3)c(=O)c12. The highest BCUT2D eigenvalue weighted by atomic mass is 16.3. The van der Waals surface area contributed by atoms with E-state index in [1.807, 2.05) is 55.5 Å². The number of hydrogen-bond acceptors (Lipinski definition) is 3. The van der Waals surface area contributed by atoms with E-state index in [-0.39, 0.29) is 5.43 Å². The Kier molecular flexibility index (Phi) is 2.79. The van der Waals surface area contributed by atoms with Crippen molar-refractivity contribution in [3.05, 3.63) is 76.8 Å². The Balaban J connectivity index is 2.16.